The molecule has 0 amide bonds. The van der Waals surface area contributed by atoms with Crippen molar-refractivity contribution < 1.29 is 4.74 Å². The Hall–Kier alpha value is -2.46. The lowest BCUT2D eigenvalue weighted by atomic mass is 10.1. The predicted octanol–water partition coefficient (Wildman–Crippen LogP) is 3.75. The van der Waals surface area contributed by atoms with Crippen LogP contribution in [0.4, 0.5) is 0 Å². The minimum absolute atomic E-state index is 0.0339. The molecule has 21 heavy (non-hydrogen) atoms. The maximum absolute atomic E-state index is 5.87. The van der Waals surface area contributed by atoms with Crippen LogP contribution < -0.4 is 10.5 Å². The van der Waals surface area contributed by atoms with Gasteiger partial charge in [0.2, 0.25) is 5.88 Å². The molecule has 1 atom stereocenters. The molecule has 0 spiro atoms. The number of hydrogen-bond acceptors (Lipinski definition) is 4. The molecule has 0 saturated carbocycles. The van der Waals surface area contributed by atoms with Crippen molar-refractivity contribution in [2.45, 2.75) is 19.9 Å². The second-order valence-electron chi connectivity index (χ2n) is 5.10. The summed E-state index contributed by atoms with van der Waals surface area (Å²) in [5.41, 5.74) is 8.60. The van der Waals surface area contributed by atoms with Gasteiger partial charge in [-0.2, -0.15) is 0 Å². The minimum Gasteiger partial charge on any atom is -0.437 e. The minimum atomic E-state index is -0.0339. The Labute approximate surface area is 123 Å². The third kappa shape index (κ3) is 2.85. The number of benzene rings is 1. The lowest BCUT2D eigenvalue weighted by molar-refractivity contribution is 0.466. The van der Waals surface area contributed by atoms with E-state index in [1.807, 2.05) is 56.3 Å². The molecule has 0 saturated heterocycles. The van der Waals surface area contributed by atoms with E-state index in [0.29, 0.717) is 11.6 Å². The molecule has 4 nitrogen and oxygen atoms in total. The van der Waals surface area contributed by atoms with E-state index < -0.39 is 0 Å². The number of rotatable bonds is 3. The van der Waals surface area contributed by atoms with Gasteiger partial charge in [-0.1, -0.05) is 24.3 Å². The molecule has 1 aromatic carbocycles. The number of aromatic nitrogens is 2. The third-order valence-corrected chi connectivity index (χ3v) is 3.32. The van der Waals surface area contributed by atoms with Gasteiger partial charge in [0.25, 0.3) is 0 Å². The summed E-state index contributed by atoms with van der Waals surface area (Å²) in [6, 6.07) is 13.6. The summed E-state index contributed by atoms with van der Waals surface area (Å²) >= 11 is 0. The highest BCUT2D eigenvalue weighted by Gasteiger charge is 2.07. The van der Waals surface area contributed by atoms with Crippen molar-refractivity contribution in [2.24, 2.45) is 5.73 Å². The van der Waals surface area contributed by atoms with Gasteiger partial charge in [0.1, 0.15) is 5.52 Å². The predicted molar refractivity (Wildman–Crippen MR) is 83.4 cm³/mol. The fourth-order valence-corrected chi connectivity index (χ4v) is 2.13. The molecule has 2 aromatic heterocycles. The number of para-hydroxylation sites is 1. The maximum Gasteiger partial charge on any atom is 0.219 e. The number of nitrogens with zero attached hydrogens (tertiary/aromatic N) is 2. The molecular formula is C17H17N3O. The molecule has 106 valence electrons. The summed E-state index contributed by atoms with van der Waals surface area (Å²) in [5, 5.41) is 1.05. The average Bonchev–Trinajstić information content (AvgIpc) is 2.48. The average molecular weight is 279 g/mol. The molecule has 3 rings (SSSR count). The second kappa shape index (κ2) is 5.50. The van der Waals surface area contributed by atoms with E-state index in [1.54, 1.807) is 6.20 Å². The van der Waals surface area contributed by atoms with Crippen molar-refractivity contribution in [1.29, 1.82) is 0 Å². The zero-order valence-electron chi connectivity index (χ0n) is 12.1. The molecule has 0 fully saturated rings. The first-order chi connectivity index (χ1) is 10.1. The molecule has 2 N–H and O–H groups in total. The van der Waals surface area contributed by atoms with E-state index in [9.17, 15) is 0 Å². The van der Waals surface area contributed by atoms with Gasteiger partial charge in [-0.05, 0) is 31.5 Å². The van der Waals surface area contributed by atoms with Crippen molar-refractivity contribution in [2.75, 3.05) is 0 Å². The van der Waals surface area contributed by atoms with Gasteiger partial charge in [0.05, 0.1) is 0 Å². The first kappa shape index (κ1) is 13.5. The zero-order chi connectivity index (χ0) is 14.8. The van der Waals surface area contributed by atoms with Crippen LogP contribution in [-0.2, 0) is 0 Å². The Kier molecular flexibility index (Phi) is 3.54. The highest BCUT2D eigenvalue weighted by molar-refractivity contribution is 5.84. The van der Waals surface area contributed by atoms with Gasteiger partial charge in [-0.15, -0.1) is 0 Å². The van der Waals surface area contributed by atoms with Crippen molar-refractivity contribution >= 4 is 10.9 Å². The van der Waals surface area contributed by atoms with Gasteiger partial charge in [0, 0.05) is 29.4 Å². The van der Waals surface area contributed by atoms with Crippen LogP contribution in [0.25, 0.3) is 10.9 Å². The first-order valence-corrected chi connectivity index (χ1v) is 6.89. The molecule has 0 aliphatic rings. The Morgan fingerprint density at radius 2 is 1.95 bits per heavy atom. The van der Waals surface area contributed by atoms with E-state index in [1.165, 1.54) is 0 Å². The summed E-state index contributed by atoms with van der Waals surface area (Å²) in [4.78, 5) is 8.84. The van der Waals surface area contributed by atoms with Crippen molar-refractivity contribution in [3.8, 4) is 11.6 Å². The molecule has 0 radical (unpaired) electrons. The number of hydrogen-bond donors (Lipinski definition) is 1. The van der Waals surface area contributed by atoms with Gasteiger partial charge in [-0.3, -0.25) is 0 Å². The van der Waals surface area contributed by atoms with Gasteiger partial charge >= 0.3 is 0 Å². The standard InChI is InChI=1S/C17H17N3O/c1-11-6-7-13-4-3-5-15(17(13)20-11)21-16-9-8-14(10-19-16)12(2)18/h3-10,12H,18H2,1-2H3/t12-/m1/s1. The van der Waals surface area contributed by atoms with Crippen LogP contribution in [0, 0.1) is 6.92 Å². The topological polar surface area (TPSA) is 61.0 Å². The largest absolute Gasteiger partial charge is 0.437 e. The van der Waals surface area contributed by atoms with Crippen LogP contribution in [0.2, 0.25) is 0 Å². The van der Waals surface area contributed by atoms with Crippen LogP contribution in [0.5, 0.6) is 11.6 Å². The van der Waals surface area contributed by atoms with Gasteiger partial charge < -0.3 is 10.5 Å². The van der Waals surface area contributed by atoms with Crippen LogP contribution >= 0.6 is 0 Å². The van der Waals surface area contributed by atoms with Crippen molar-refractivity contribution in [3.63, 3.8) is 0 Å². The summed E-state index contributed by atoms with van der Waals surface area (Å²) < 4.78 is 5.87. The fraction of sp³-hybridized carbons (Fsp3) is 0.176. The Balaban J connectivity index is 1.96. The smallest absolute Gasteiger partial charge is 0.219 e. The third-order valence-electron chi connectivity index (χ3n) is 3.32. The highest BCUT2D eigenvalue weighted by atomic mass is 16.5. The van der Waals surface area contributed by atoms with Crippen molar-refractivity contribution in [1.82, 2.24) is 9.97 Å². The van der Waals surface area contributed by atoms with E-state index in [0.717, 1.165) is 22.2 Å². The van der Waals surface area contributed by atoms with E-state index in [-0.39, 0.29) is 6.04 Å². The second-order valence-corrected chi connectivity index (χ2v) is 5.10. The summed E-state index contributed by atoms with van der Waals surface area (Å²) in [7, 11) is 0. The SMILES string of the molecule is Cc1ccc2cccc(Oc3ccc([C@@H](C)N)cn3)c2n1. The Morgan fingerprint density at radius 1 is 1.10 bits per heavy atom. The molecule has 0 bridgehead atoms. The fourth-order valence-electron chi connectivity index (χ4n) is 2.13. The molecule has 4 heteroatoms. The number of fused-ring (bicyclic) bond motifs is 1. The summed E-state index contributed by atoms with van der Waals surface area (Å²) in [6.07, 6.45) is 1.74. The number of pyridine rings is 2. The van der Waals surface area contributed by atoms with Crippen LogP contribution in [0.3, 0.4) is 0 Å². The molecule has 0 aliphatic carbocycles. The Morgan fingerprint density at radius 3 is 2.67 bits per heavy atom. The lowest BCUT2D eigenvalue weighted by Crippen LogP contribution is -2.05. The van der Waals surface area contributed by atoms with Crippen LogP contribution in [0.15, 0.2) is 48.7 Å². The normalized spacial score (nSPS) is 12.3. The summed E-state index contributed by atoms with van der Waals surface area (Å²) in [6.45, 7) is 3.89. The van der Waals surface area contributed by atoms with Gasteiger partial charge in [-0.25, -0.2) is 9.97 Å². The van der Waals surface area contributed by atoms with Crippen molar-refractivity contribution in [3.05, 3.63) is 59.9 Å². The van der Waals surface area contributed by atoms with E-state index in [4.69, 9.17) is 10.5 Å². The van der Waals surface area contributed by atoms with E-state index >= 15 is 0 Å². The van der Waals surface area contributed by atoms with E-state index in [2.05, 4.69) is 9.97 Å². The first-order valence-electron chi connectivity index (χ1n) is 6.89. The number of aryl methyl sites for hydroxylation is 1. The van der Waals surface area contributed by atoms with Crippen LogP contribution in [-0.4, -0.2) is 9.97 Å². The highest BCUT2D eigenvalue weighted by Crippen LogP contribution is 2.28. The van der Waals surface area contributed by atoms with Gasteiger partial charge in [0.15, 0.2) is 5.75 Å². The molecule has 3 aromatic rings. The van der Waals surface area contributed by atoms with Crippen LogP contribution in [0.1, 0.15) is 24.2 Å². The molecular weight excluding hydrogens is 262 g/mol. The number of nitrogens with two attached hydrogens (primary N) is 1. The zero-order valence-corrected chi connectivity index (χ0v) is 12.1. The lowest BCUT2D eigenvalue weighted by Gasteiger charge is -2.09. The quantitative estimate of drug-likeness (QED) is 0.793. The number of ether oxygens (including phenoxy) is 1. The molecule has 2 heterocycles. The maximum atomic E-state index is 5.87. The Bertz CT molecular complexity index is 767. The monoisotopic (exact) mass is 279 g/mol. The molecule has 0 unspecified atom stereocenters. The summed E-state index contributed by atoms with van der Waals surface area (Å²) in [5.74, 6) is 1.24. The molecule has 0 aliphatic heterocycles.